The van der Waals surface area contributed by atoms with E-state index < -0.39 is 5.09 Å². The summed E-state index contributed by atoms with van der Waals surface area (Å²) in [7, 11) is 0. The zero-order valence-corrected chi connectivity index (χ0v) is 4.30. The largest absolute Gasteiger partial charge is 0.448 e. The van der Waals surface area contributed by atoms with Crippen LogP contribution in [0.3, 0.4) is 0 Å². The van der Waals surface area contributed by atoms with Gasteiger partial charge in [0.1, 0.15) is 0 Å². The highest BCUT2D eigenvalue weighted by Crippen LogP contribution is 2.21. The highest BCUT2D eigenvalue weighted by Gasteiger charge is 2.19. The molecule has 1 nitrogen and oxygen atoms in total. The summed E-state index contributed by atoms with van der Waals surface area (Å²) in [4.78, 5) is 0. The van der Waals surface area contributed by atoms with E-state index in [1.54, 1.807) is 0 Å². The number of hydrogen-bond donors (Lipinski definition) is 1. The first-order valence-electron chi connectivity index (χ1n) is 0.756. The second-order valence-corrected chi connectivity index (χ2v) is 1.33. The molecule has 0 unspecified atom stereocenters. The van der Waals surface area contributed by atoms with Crippen LogP contribution in [0.25, 0.3) is 0 Å². The smallest absolute Gasteiger partial charge is 0.344 e. The van der Waals surface area contributed by atoms with Gasteiger partial charge >= 0.3 is 5.09 Å². The van der Waals surface area contributed by atoms with Gasteiger partial charge in [0.05, 0.1) is 0 Å². The SMILES string of the molecule is FC(F)(F)Br.N. The molecule has 0 saturated heterocycles. The van der Waals surface area contributed by atoms with Crippen LogP contribution in [0.5, 0.6) is 0 Å². The van der Waals surface area contributed by atoms with E-state index >= 15 is 0 Å². The Morgan fingerprint density at radius 2 is 1.17 bits per heavy atom. The van der Waals surface area contributed by atoms with Gasteiger partial charge in [-0.15, -0.1) is 0 Å². The third kappa shape index (κ3) is 834. The summed E-state index contributed by atoms with van der Waals surface area (Å²) in [5.74, 6) is 0. The molecule has 0 aromatic heterocycles. The van der Waals surface area contributed by atoms with Crippen molar-refractivity contribution in [1.82, 2.24) is 6.15 Å². The van der Waals surface area contributed by atoms with Gasteiger partial charge in [0.2, 0.25) is 0 Å². The summed E-state index contributed by atoms with van der Waals surface area (Å²) in [5.41, 5.74) is 0. The van der Waals surface area contributed by atoms with Crippen molar-refractivity contribution in [2.45, 2.75) is 5.09 Å². The Morgan fingerprint density at radius 1 is 1.17 bits per heavy atom. The van der Waals surface area contributed by atoms with Crippen LogP contribution in [0.1, 0.15) is 0 Å². The van der Waals surface area contributed by atoms with Crippen molar-refractivity contribution in [1.29, 1.82) is 0 Å². The van der Waals surface area contributed by atoms with Crippen LogP contribution in [-0.2, 0) is 0 Å². The zero-order valence-electron chi connectivity index (χ0n) is 2.72. The van der Waals surface area contributed by atoms with E-state index in [9.17, 15) is 13.2 Å². The summed E-state index contributed by atoms with van der Waals surface area (Å²) in [6.07, 6.45) is 0. The summed E-state index contributed by atoms with van der Waals surface area (Å²) < 4.78 is 30.8. The molecule has 0 rings (SSSR count). The molecule has 0 atom stereocenters. The maximum absolute atomic E-state index is 10.3. The van der Waals surface area contributed by atoms with Gasteiger partial charge in [0.15, 0.2) is 0 Å². The number of rotatable bonds is 0. The minimum Gasteiger partial charge on any atom is -0.344 e. The van der Waals surface area contributed by atoms with Gasteiger partial charge in [-0.3, -0.25) is 0 Å². The molecule has 0 fully saturated rings. The Kier molecular flexibility index (Phi) is 3.83. The van der Waals surface area contributed by atoms with Crippen molar-refractivity contribution in [3.05, 3.63) is 0 Å². The lowest BCUT2D eigenvalue weighted by Gasteiger charge is -1.85. The van der Waals surface area contributed by atoms with Crippen LogP contribution < -0.4 is 6.15 Å². The summed E-state index contributed by atoms with van der Waals surface area (Å²) in [6, 6.07) is 0. The van der Waals surface area contributed by atoms with Crippen molar-refractivity contribution in [2.75, 3.05) is 0 Å². The number of alkyl halides is 4. The summed E-state index contributed by atoms with van der Waals surface area (Å²) in [5, 5.41) is -4.19. The van der Waals surface area contributed by atoms with E-state index in [0.29, 0.717) is 0 Å². The van der Waals surface area contributed by atoms with E-state index in [0.717, 1.165) is 0 Å². The molecular formula is CH3BrF3N. The first kappa shape index (κ1) is 9.52. The average Bonchev–Trinajstić information content (AvgIpc) is 0.722. The molecule has 0 saturated carbocycles. The third-order valence-electron chi connectivity index (χ3n) is 0. The van der Waals surface area contributed by atoms with Crippen LogP contribution in [0.4, 0.5) is 13.2 Å². The van der Waals surface area contributed by atoms with Gasteiger partial charge in [-0.25, -0.2) is 0 Å². The zero-order chi connectivity index (χ0) is 4.50. The Balaban J connectivity index is 0. The predicted molar refractivity (Wildman–Crippen MR) is 20.0 cm³/mol. The Bertz CT molecular complexity index is 26.3. The van der Waals surface area contributed by atoms with Crippen molar-refractivity contribution in [3.63, 3.8) is 0 Å². The fraction of sp³-hybridized carbons (Fsp3) is 1.00. The number of hydrogen-bond acceptors (Lipinski definition) is 1. The van der Waals surface area contributed by atoms with Gasteiger partial charge in [-0.2, -0.15) is 13.2 Å². The third-order valence-corrected chi connectivity index (χ3v) is 0. The Hall–Kier alpha value is 0.230. The fourth-order valence-corrected chi connectivity index (χ4v) is 0. The Labute approximate surface area is 41.2 Å². The van der Waals surface area contributed by atoms with Gasteiger partial charge in [-0.05, 0) is 0 Å². The lowest BCUT2D eigenvalue weighted by Crippen LogP contribution is -1.88. The summed E-state index contributed by atoms with van der Waals surface area (Å²) >= 11 is 1.38. The topological polar surface area (TPSA) is 35.0 Å². The van der Waals surface area contributed by atoms with E-state index in [2.05, 4.69) is 0 Å². The monoisotopic (exact) mass is 165 g/mol. The van der Waals surface area contributed by atoms with E-state index in [1.165, 1.54) is 15.9 Å². The molecule has 3 N–H and O–H groups in total. The Morgan fingerprint density at radius 3 is 1.17 bits per heavy atom. The molecule has 0 bridgehead atoms. The normalized spacial score (nSPS) is 10.0. The minimum absolute atomic E-state index is 0. The van der Waals surface area contributed by atoms with Crippen molar-refractivity contribution >= 4 is 15.9 Å². The molecule has 0 amide bonds. The quantitative estimate of drug-likeness (QED) is 0.549. The standard InChI is InChI=1S/CBrF3.H3N/c2-1(3,4)5;/h;1H3. The van der Waals surface area contributed by atoms with Crippen LogP contribution in [0.15, 0.2) is 0 Å². The molecule has 0 radical (unpaired) electrons. The molecule has 5 heteroatoms. The maximum Gasteiger partial charge on any atom is 0.448 e. The number of halogens is 4. The molecule has 0 aliphatic heterocycles. The highest BCUT2D eigenvalue weighted by molar-refractivity contribution is 9.09. The van der Waals surface area contributed by atoms with Crippen LogP contribution in [0, 0.1) is 0 Å². The van der Waals surface area contributed by atoms with Crippen molar-refractivity contribution in [3.8, 4) is 0 Å². The fourth-order valence-electron chi connectivity index (χ4n) is 0. The second-order valence-electron chi connectivity index (χ2n) is 0.429. The summed E-state index contributed by atoms with van der Waals surface area (Å²) in [6.45, 7) is 0. The van der Waals surface area contributed by atoms with Crippen LogP contribution in [0.2, 0.25) is 0 Å². The molecule has 0 spiro atoms. The van der Waals surface area contributed by atoms with Crippen LogP contribution in [-0.4, -0.2) is 5.09 Å². The molecule has 0 aliphatic carbocycles. The van der Waals surface area contributed by atoms with E-state index in [1.807, 2.05) is 0 Å². The van der Waals surface area contributed by atoms with Gasteiger partial charge < -0.3 is 6.15 Å². The molecule has 0 aliphatic rings. The first-order valence-corrected chi connectivity index (χ1v) is 1.55. The first-order chi connectivity index (χ1) is 2.00. The van der Waals surface area contributed by atoms with E-state index in [4.69, 9.17) is 0 Å². The molecule has 6 heavy (non-hydrogen) atoms. The van der Waals surface area contributed by atoms with E-state index in [-0.39, 0.29) is 6.15 Å². The molecule has 0 heterocycles. The molecule has 0 aromatic rings. The average molecular weight is 166 g/mol. The van der Waals surface area contributed by atoms with Gasteiger partial charge in [0.25, 0.3) is 0 Å². The lowest BCUT2D eigenvalue weighted by molar-refractivity contribution is -0.0245. The van der Waals surface area contributed by atoms with Gasteiger partial charge in [-0.1, -0.05) is 0 Å². The lowest BCUT2D eigenvalue weighted by atomic mass is 11.6. The maximum atomic E-state index is 10.3. The van der Waals surface area contributed by atoms with Crippen molar-refractivity contribution < 1.29 is 13.2 Å². The second kappa shape index (κ2) is 2.41. The molecular weight excluding hydrogens is 163 g/mol. The molecule has 0 aromatic carbocycles. The van der Waals surface area contributed by atoms with Crippen LogP contribution >= 0.6 is 15.9 Å². The molecule has 40 valence electrons. The van der Waals surface area contributed by atoms with Crippen molar-refractivity contribution in [2.24, 2.45) is 0 Å². The highest BCUT2D eigenvalue weighted by atomic mass is 79.9. The predicted octanol–water partition coefficient (Wildman–Crippen LogP) is 2.06. The minimum atomic E-state index is -4.19. The van der Waals surface area contributed by atoms with Gasteiger partial charge in [0, 0.05) is 15.9 Å².